The van der Waals surface area contributed by atoms with E-state index in [-0.39, 0.29) is 42.5 Å². The van der Waals surface area contributed by atoms with Crippen LogP contribution in [0.1, 0.15) is 24.6 Å². The first-order valence-electron chi connectivity index (χ1n) is 9.10. The van der Waals surface area contributed by atoms with Crippen LogP contribution in [0.2, 0.25) is 0 Å². The van der Waals surface area contributed by atoms with Gasteiger partial charge in [-0.2, -0.15) is 0 Å². The molecule has 0 aromatic carbocycles. The fourth-order valence-corrected chi connectivity index (χ4v) is 2.87. The molecule has 1 aromatic rings. The molecule has 1 atom stereocenters. The highest BCUT2D eigenvalue weighted by molar-refractivity contribution is 14.0. The minimum absolute atomic E-state index is 0. The van der Waals surface area contributed by atoms with Gasteiger partial charge in [0.25, 0.3) is 0 Å². The zero-order chi connectivity index (χ0) is 18.8. The van der Waals surface area contributed by atoms with Gasteiger partial charge in [-0.05, 0) is 38.1 Å². The molecule has 2 N–H and O–H groups in total. The maximum atomic E-state index is 11.8. The molecule has 0 radical (unpaired) electrons. The van der Waals surface area contributed by atoms with Crippen molar-refractivity contribution in [3.63, 3.8) is 0 Å². The molecule has 9 heteroatoms. The summed E-state index contributed by atoms with van der Waals surface area (Å²) in [5.41, 5.74) is 0. The number of guanidine groups is 1. The molecule has 1 unspecified atom stereocenters. The van der Waals surface area contributed by atoms with Crippen LogP contribution >= 0.6 is 24.0 Å². The number of likely N-dealkylation sites (tertiary alicyclic amines) is 1. The molecular formula is C18H32IN5O3. The van der Waals surface area contributed by atoms with E-state index in [2.05, 4.69) is 20.5 Å². The van der Waals surface area contributed by atoms with E-state index < -0.39 is 0 Å². The van der Waals surface area contributed by atoms with Crippen LogP contribution < -0.4 is 10.6 Å². The Labute approximate surface area is 178 Å². The number of hydrogen-bond acceptors (Lipinski definition) is 5. The van der Waals surface area contributed by atoms with Crippen LogP contribution in [-0.2, 0) is 9.53 Å². The van der Waals surface area contributed by atoms with Crippen molar-refractivity contribution in [3.8, 4) is 0 Å². The summed E-state index contributed by atoms with van der Waals surface area (Å²) in [6.07, 6.45) is 4.13. The zero-order valence-corrected chi connectivity index (χ0v) is 18.8. The second kappa shape index (κ2) is 12.9. The number of amides is 1. The van der Waals surface area contributed by atoms with E-state index in [9.17, 15) is 4.79 Å². The maximum absolute atomic E-state index is 11.8. The Kier molecular flexibility index (Phi) is 11.4. The number of ether oxygens (including phenoxy) is 1. The third-order valence-corrected chi connectivity index (χ3v) is 4.39. The minimum atomic E-state index is -0.0417. The smallest absolute Gasteiger partial charge is 0.243 e. The summed E-state index contributed by atoms with van der Waals surface area (Å²) < 4.78 is 10.7. The molecule has 0 saturated carbocycles. The van der Waals surface area contributed by atoms with E-state index in [0.29, 0.717) is 25.7 Å². The molecule has 8 nitrogen and oxygen atoms in total. The summed E-state index contributed by atoms with van der Waals surface area (Å²) in [7, 11) is 5.11. The molecule has 1 amide bonds. The number of nitrogens with zero attached hydrogens (tertiary/aromatic N) is 3. The van der Waals surface area contributed by atoms with Crippen LogP contribution in [0, 0.1) is 0 Å². The Balaban J connectivity index is 0.00000364. The number of rotatable bonds is 9. The van der Waals surface area contributed by atoms with Crippen LogP contribution in [0.25, 0.3) is 0 Å². The van der Waals surface area contributed by atoms with E-state index in [4.69, 9.17) is 9.15 Å². The number of likely N-dealkylation sites (N-methyl/N-ethyl adjacent to an activating group) is 1. The number of hydrogen-bond donors (Lipinski definition) is 2. The first-order valence-corrected chi connectivity index (χ1v) is 9.10. The van der Waals surface area contributed by atoms with Gasteiger partial charge >= 0.3 is 0 Å². The Morgan fingerprint density at radius 3 is 2.70 bits per heavy atom. The Hall–Kier alpha value is -1.33. The van der Waals surface area contributed by atoms with Crippen molar-refractivity contribution < 1.29 is 13.9 Å². The highest BCUT2D eigenvalue weighted by Gasteiger charge is 2.25. The lowest BCUT2D eigenvalue weighted by Crippen LogP contribution is -2.44. The Morgan fingerprint density at radius 2 is 2.11 bits per heavy atom. The summed E-state index contributed by atoms with van der Waals surface area (Å²) in [6.45, 7) is 4.07. The van der Waals surface area contributed by atoms with E-state index in [1.54, 1.807) is 27.5 Å². The van der Waals surface area contributed by atoms with Crippen LogP contribution in [0.5, 0.6) is 0 Å². The molecule has 0 aliphatic carbocycles. The molecule has 27 heavy (non-hydrogen) atoms. The fourth-order valence-electron chi connectivity index (χ4n) is 2.87. The molecule has 1 aromatic heterocycles. The van der Waals surface area contributed by atoms with Crippen LogP contribution in [0.3, 0.4) is 0 Å². The predicted molar refractivity (Wildman–Crippen MR) is 117 cm³/mol. The Morgan fingerprint density at radius 1 is 1.37 bits per heavy atom. The number of halogens is 1. The van der Waals surface area contributed by atoms with Crippen molar-refractivity contribution in [2.24, 2.45) is 4.99 Å². The molecule has 2 rings (SSSR count). The van der Waals surface area contributed by atoms with Gasteiger partial charge in [0.1, 0.15) is 12.3 Å². The van der Waals surface area contributed by atoms with Gasteiger partial charge < -0.3 is 24.7 Å². The van der Waals surface area contributed by atoms with Gasteiger partial charge in [-0.15, -0.1) is 24.0 Å². The number of aliphatic imine (C=N–C) groups is 1. The van der Waals surface area contributed by atoms with Gasteiger partial charge in [-0.1, -0.05) is 0 Å². The van der Waals surface area contributed by atoms with Gasteiger partial charge in [-0.25, -0.2) is 4.99 Å². The molecule has 2 heterocycles. The third-order valence-electron chi connectivity index (χ3n) is 4.39. The predicted octanol–water partition coefficient (Wildman–Crippen LogP) is 1.30. The number of furan rings is 1. The van der Waals surface area contributed by atoms with Gasteiger partial charge in [-0.3, -0.25) is 9.69 Å². The quantitative estimate of drug-likeness (QED) is 0.234. The standard InChI is InChI=1S/C18H31N5O3.HI/c1-22(2)17(24)14-21-18(19-8-12-25-3)20-13-15(16-7-6-11-26-16)23-9-4-5-10-23;/h6-7,11,15H,4-5,8-10,12-14H2,1-3H3,(H2,19,20,21);1H. The van der Waals surface area contributed by atoms with Crippen molar-refractivity contribution in [2.75, 3.05) is 60.5 Å². The second-order valence-corrected chi connectivity index (χ2v) is 6.53. The average Bonchev–Trinajstić information content (AvgIpc) is 3.33. The van der Waals surface area contributed by atoms with Crippen molar-refractivity contribution >= 4 is 35.8 Å². The zero-order valence-electron chi connectivity index (χ0n) is 16.4. The first kappa shape index (κ1) is 23.7. The molecule has 0 bridgehead atoms. The van der Waals surface area contributed by atoms with Crippen LogP contribution in [-0.4, -0.2) is 82.2 Å². The second-order valence-electron chi connectivity index (χ2n) is 6.53. The molecular weight excluding hydrogens is 461 g/mol. The topological polar surface area (TPSA) is 82.3 Å². The summed E-state index contributed by atoms with van der Waals surface area (Å²) in [6, 6.07) is 4.07. The van der Waals surface area contributed by atoms with E-state index >= 15 is 0 Å². The summed E-state index contributed by atoms with van der Waals surface area (Å²) in [5, 5.41) is 6.55. The summed E-state index contributed by atoms with van der Waals surface area (Å²) in [5.74, 6) is 1.51. The van der Waals surface area contributed by atoms with Crippen LogP contribution in [0.4, 0.5) is 0 Å². The SMILES string of the molecule is COCCNC(=NCC(=O)N(C)C)NCC(c1ccco1)N1CCCC1.I. The monoisotopic (exact) mass is 493 g/mol. The van der Waals surface area contributed by atoms with Crippen molar-refractivity contribution in [1.82, 2.24) is 20.4 Å². The highest BCUT2D eigenvalue weighted by Crippen LogP contribution is 2.24. The maximum Gasteiger partial charge on any atom is 0.243 e. The molecule has 1 fully saturated rings. The lowest BCUT2D eigenvalue weighted by atomic mass is 10.2. The number of methoxy groups -OCH3 is 1. The van der Waals surface area contributed by atoms with Crippen molar-refractivity contribution in [2.45, 2.75) is 18.9 Å². The largest absolute Gasteiger partial charge is 0.468 e. The molecule has 0 spiro atoms. The average molecular weight is 493 g/mol. The van der Waals surface area contributed by atoms with E-state index in [1.807, 2.05) is 12.1 Å². The number of nitrogens with one attached hydrogen (secondary N) is 2. The van der Waals surface area contributed by atoms with Gasteiger partial charge in [0.2, 0.25) is 5.91 Å². The van der Waals surface area contributed by atoms with Crippen LogP contribution in [0.15, 0.2) is 27.8 Å². The minimum Gasteiger partial charge on any atom is -0.468 e. The lowest BCUT2D eigenvalue weighted by Gasteiger charge is -2.26. The Bertz CT molecular complexity index is 559. The fraction of sp³-hybridized carbons (Fsp3) is 0.667. The van der Waals surface area contributed by atoms with E-state index in [0.717, 1.165) is 18.8 Å². The number of carbonyl (C=O) groups excluding carboxylic acids is 1. The van der Waals surface area contributed by atoms with Crippen molar-refractivity contribution in [1.29, 1.82) is 0 Å². The van der Waals surface area contributed by atoms with Gasteiger partial charge in [0.05, 0.1) is 18.9 Å². The number of carbonyl (C=O) groups is 1. The highest BCUT2D eigenvalue weighted by atomic mass is 127. The molecule has 1 aliphatic heterocycles. The van der Waals surface area contributed by atoms with Gasteiger partial charge in [0, 0.05) is 34.3 Å². The lowest BCUT2D eigenvalue weighted by molar-refractivity contribution is -0.127. The molecule has 1 saturated heterocycles. The molecule has 154 valence electrons. The van der Waals surface area contributed by atoms with E-state index in [1.165, 1.54) is 17.7 Å². The normalized spacial score (nSPS) is 15.9. The van der Waals surface area contributed by atoms with Crippen molar-refractivity contribution in [3.05, 3.63) is 24.2 Å². The summed E-state index contributed by atoms with van der Waals surface area (Å²) >= 11 is 0. The van der Waals surface area contributed by atoms with Gasteiger partial charge in [0.15, 0.2) is 5.96 Å². The first-order chi connectivity index (χ1) is 12.6. The summed E-state index contributed by atoms with van der Waals surface area (Å²) in [4.78, 5) is 20.2. The third kappa shape index (κ3) is 8.06. The molecule has 1 aliphatic rings.